The van der Waals surface area contributed by atoms with Gasteiger partial charge in [0.2, 0.25) is 0 Å². The minimum atomic E-state index is -0.140. The summed E-state index contributed by atoms with van der Waals surface area (Å²) in [6, 6.07) is 18.1. The summed E-state index contributed by atoms with van der Waals surface area (Å²) in [5.41, 5.74) is 4.96. The first kappa shape index (κ1) is 18.0. The number of halogens is 1. The molecule has 1 amide bonds. The third-order valence-corrected chi connectivity index (χ3v) is 5.35. The maximum atomic E-state index is 12.8. The van der Waals surface area contributed by atoms with Crippen molar-refractivity contribution in [1.29, 1.82) is 0 Å². The fraction of sp³-hybridized carbons (Fsp3) is 0.273. The molecule has 1 aliphatic heterocycles. The first-order valence-electron chi connectivity index (χ1n) is 9.22. The largest absolute Gasteiger partial charge is 0.340 e. The van der Waals surface area contributed by atoms with E-state index in [4.69, 9.17) is 5.10 Å². The first-order valence-corrected chi connectivity index (χ1v) is 10.0. The number of nitrogens with one attached hydrogen (secondary N) is 1. The zero-order valence-corrected chi connectivity index (χ0v) is 17.0. The van der Waals surface area contributed by atoms with Gasteiger partial charge in [0.05, 0.1) is 18.3 Å². The van der Waals surface area contributed by atoms with Gasteiger partial charge in [-0.1, -0.05) is 72.2 Å². The molecule has 3 aromatic rings. The maximum Gasteiger partial charge on any atom is 0.270 e. The highest BCUT2D eigenvalue weighted by atomic mass is 79.9. The van der Waals surface area contributed by atoms with E-state index < -0.39 is 0 Å². The van der Waals surface area contributed by atoms with Crippen molar-refractivity contribution in [2.75, 3.05) is 0 Å². The van der Waals surface area contributed by atoms with Crippen LogP contribution in [0.3, 0.4) is 0 Å². The first-order chi connectivity index (χ1) is 13.0. The normalized spacial score (nSPS) is 15.9. The molecule has 0 saturated heterocycles. The van der Waals surface area contributed by atoms with Crippen LogP contribution in [0.25, 0.3) is 0 Å². The number of fused-ring (bicyclic) bond motifs is 1. The minimum Gasteiger partial charge on any atom is -0.340 e. The highest BCUT2D eigenvalue weighted by Crippen LogP contribution is 2.35. The zero-order chi connectivity index (χ0) is 19.0. The number of rotatable bonds is 5. The fourth-order valence-corrected chi connectivity index (χ4v) is 3.92. The average Bonchev–Trinajstić information content (AvgIpc) is 3.16. The van der Waals surface area contributed by atoms with Crippen molar-refractivity contribution >= 4 is 21.8 Å². The van der Waals surface area contributed by atoms with E-state index in [1.54, 1.807) is 0 Å². The Balaban J connectivity index is 1.79. The molecule has 0 bridgehead atoms. The van der Waals surface area contributed by atoms with E-state index in [1.165, 1.54) is 0 Å². The summed E-state index contributed by atoms with van der Waals surface area (Å²) in [6.45, 7) is 4.96. The number of hydrogen-bond donors (Lipinski definition) is 1. The van der Waals surface area contributed by atoms with Crippen molar-refractivity contribution in [2.45, 2.75) is 32.9 Å². The van der Waals surface area contributed by atoms with E-state index in [2.05, 4.69) is 59.4 Å². The molecule has 0 saturated carbocycles. The zero-order valence-electron chi connectivity index (χ0n) is 15.4. The van der Waals surface area contributed by atoms with Crippen LogP contribution < -0.4 is 5.32 Å². The lowest BCUT2D eigenvalue weighted by Crippen LogP contribution is -2.23. The van der Waals surface area contributed by atoms with Crippen molar-refractivity contribution in [3.05, 3.63) is 87.1 Å². The summed E-state index contributed by atoms with van der Waals surface area (Å²) >= 11 is 3.48. The van der Waals surface area contributed by atoms with Crippen LogP contribution >= 0.6 is 15.9 Å². The lowest BCUT2D eigenvalue weighted by molar-refractivity contribution is 0.0950. The van der Waals surface area contributed by atoms with Crippen LogP contribution in [0.2, 0.25) is 0 Å². The molecule has 0 spiro atoms. The highest BCUT2D eigenvalue weighted by Gasteiger charge is 2.37. The van der Waals surface area contributed by atoms with E-state index in [9.17, 15) is 4.79 Å². The second kappa shape index (κ2) is 7.31. The number of benzene rings is 2. The van der Waals surface area contributed by atoms with Gasteiger partial charge in [0.1, 0.15) is 5.69 Å². The molecule has 1 aliphatic rings. The molecule has 1 aromatic heterocycles. The van der Waals surface area contributed by atoms with E-state index >= 15 is 0 Å². The van der Waals surface area contributed by atoms with Crippen LogP contribution in [0.15, 0.2) is 59.1 Å². The molecular weight excluding hydrogens is 402 g/mol. The van der Waals surface area contributed by atoms with Crippen molar-refractivity contribution in [3.8, 4) is 0 Å². The summed E-state index contributed by atoms with van der Waals surface area (Å²) in [5, 5.41) is 8.02. The number of amides is 1. The third-order valence-electron chi connectivity index (χ3n) is 4.82. The number of aromatic nitrogens is 2. The highest BCUT2D eigenvalue weighted by molar-refractivity contribution is 9.10. The van der Waals surface area contributed by atoms with Gasteiger partial charge in [-0.05, 0) is 35.6 Å². The summed E-state index contributed by atoms with van der Waals surface area (Å²) in [7, 11) is 0. The Hall–Kier alpha value is -2.40. The maximum absolute atomic E-state index is 12.8. The average molecular weight is 424 g/mol. The molecule has 1 atom stereocenters. The predicted molar refractivity (Wildman–Crippen MR) is 110 cm³/mol. The Labute approximate surface area is 167 Å². The van der Waals surface area contributed by atoms with Crippen LogP contribution in [0, 0.1) is 5.92 Å². The van der Waals surface area contributed by atoms with Gasteiger partial charge < -0.3 is 5.32 Å². The molecule has 0 aliphatic carbocycles. The monoisotopic (exact) mass is 423 g/mol. The van der Waals surface area contributed by atoms with Crippen LogP contribution in [0.1, 0.15) is 52.8 Å². The van der Waals surface area contributed by atoms with Gasteiger partial charge in [-0.2, -0.15) is 5.10 Å². The summed E-state index contributed by atoms with van der Waals surface area (Å²) in [5.74, 6) is 0.423. The van der Waals surface area contributed by atoms with Gasteiger partial charge >= 0.3 is 0 Å². The molecule has 2 heterocycles. The topological polar surface area (TPSA) is 46.9 Å². The lowest BCUT2D eigenvalue weighted by Gasteiger charge is -2.14. The van der Waals surface area contributed by atoms with Gasteiger partial charge in [-0.3, -0.25) is 9.48 Å². The van der Waals surface area contributed by atoms with Crippen LogP contribution in [-0.4, -0.2) is 15.7 Å². The fourth-order valence-electron chi connectivity index (χ4n) is 3.65. The van der Waals surface area contributed by atoms with Crippen molar-refractivity contribution in [2.24, 2.45) is 5.92 Å². The van der Waals surface area contributed by atoms with E-state index in [0.717, 1.165) is 33.3 Å². The number of carbonyl (C=O) groups is 1. The molecule has 4 rings (SSSR count). The van der Waals surface area contributed by atoms with Crippen molar-refractivity contribution in [3.63, 3.8) is 0 Å². The van der Waals surface area contributed by atoms with Crippen LogP contribution in [-0.2, 0) is 13.0 Å². The molecule has 0 fully saturated rings. The van der Waals surface area contributed by atoms with E-state index in [-0.39, 0.29) is 11.9 Å². The Bertz CT molecular complexity index is 961. The minimum absolute atomic E-state index is 0.0450. The quantitative estimate of drug-likeness (QED) is 0.644. The second-order valence-corrected chi connectivity index (χ2v) is 8.32. The van der Waals surface area contributed by atoms with Crippen molar-refractivity contribution in [1.82, 2.24) is 15.1 Å². The van der Waals surface area contributed by atoms with Gasteiger partial charge in [0.25, 0.3) is 5.91 Å². The smallest absolute Gasteiger partial charge is 0.270 e. The van der Waals surface area contributed by atoms with Crippen molar-refractivity contribution < 1.29 is 4.79 Å². The molecule has 1 N–H and O–H groups in total. The molecular formula is C22H22BrN3O. The summed E-state index contributed by atoms with van der Waals surface area (Å²) < 4.78 is 2.90. The molecule has 5 heteroatoms. The van der Waals surface area contributed by atoms with Crippen LogP contribution in [0.4, 0.5) is 0 Å². The Morgan fingerprint density at radius 3 is 2.48 bits per heavy atom. The summed E-state index contributed by atoms with van der Waals surface area (Å²) in [4.78, 5) is 12.8. The number of nitrogens with zero attached hydrogens (tertiary/aromatic N) is 2. The van der Waals surface area contributed by atoms with Gasteiger partial charge in [-0.15, -0.1) is 0 Å². The number of hydrogen-bond acceptors (Lipinski definition) is 2. The second-order valence-electron chi connectivity index (χ2n) is 7.41. The SMILES string of the molecule is CC(C)Cc1nn(Cc2ccccc2)c2c1C(c1ccc(Br)cc1)NC2=O. The van der Waals surface area contributed by atoms with E-state index in [1.807, 2.05) is 35.0 Å². The standard InChI is InChI=1S/C22H22BrN3O/c1-14(2)12-18-19-20(16-8-10-17(23)11-9-16)24-22(27)21(19)26(25-18)13-15-6-4-3-5-7-15/h3-11,14,20H,12-13H2,1-2H3,(H,24,27). The molecule has 138 valence electrons. The summed E-state index contributed by atoms with van der Waals surface area (Å²) in [6.07, 6.45) is 0.853. The molecule has 1 unspecified atom stereocenters. The lowest BCUT2D eigenvalue weighted by atomic mass is 9.96. The molecule has 2 aromatic carbocycles. The molecule has 0 radical (unpaired) electrons. The van der Waals surface area contributed by atoms with Gasteiger partial charge in [0, 0.05) is 10.0 Å². The Kier molecular flexibility index (Phi) is 4.87. The van der Waals surface area contributed by atoms with E-state index in [0.29, 0.717) is 18.2 Å². The van der Waals surface area contributed by atoms with Gasteiger partial charge in [-0.25, -0.2) is 0 Å². The third kappa shape index (κ3) is 3.56. The predicted octanol–water partition coefficient (Wildman–Crippen LogP) is 4.73. The Morgan fingerprint density at radius 1 is 1.11 bits per heavy atom. The molecule has 4 nitrogen and oxygen atoms in total. The Morgan fingerprint density at radius 2 is 1.81 bits per heavy atom. The van der Waals surface area contributed by atoms with Gasteiger partial charge in [0.15, 0.2) is 0 Å². The number of carbonyl (C=O) groups excluding carboxylic acids is 1. The molecule has 27 heavy (non-hydrogen) atoms. The van der Waals surface area contributed by atoms with Crippen LogP contribution in [0.5, 0.6) is 0 Å².